The smallest absolute Gasteiger partial charge is 0.322 e. The van der Waals surface area contributed by atoms with Gasteiger partial charge in [-0.25, -0.2) is 4.79 Å². The van der Waals surface area contributed by atoms with E-state index >= 15 is 0 Å². The summed E-state index contributed by atoms with van der Waals surface area (Å²) < 4.78 is 4.96. The Balaban J connectivity index is 2.10. The van der Waals surface area contributed by atoms with Gasteiger partial charge in [-0.2, -0.15) is 0 Å². The number of piperazine rings is 1. The zero-order chi connectivity index (χ0) is 17.5. The molecule has 1 fully saturated rings. The number of carboxylic acid groups (broad SMARTS) is 1. The minimum atomic E-state index is -1.13. The van der Waals surface area contributed by atoms with Crippen molar-refractivity contribution in [3.8, 4) is 0 Å². The first-order chi connectivity index (χ1) is 11.5. The van der Waals surface area contributed by atoms with Gasteiger partial charge in [0.25, 0.3) is 0 Å². The maximum atomic E-state index is 12.5. The number of methoxy groups -OCH3 is 1. The zero-order valence-corrected chi connectivity index (χ0v) is 13.5. The molecule has 0 aromatic heterocycles. The predicted octanol–water partition coefficient (Wildman–Crippen LogP) is 0.852. The van der Waals surface area contributed by atoms with E-state index in [0.717, 1.165) is 0 Å². The third-order valence-electron chi connectivity index (χ3n) is 3.80. The lowest BCUT2D eigenvalue weighted by atomic mass is 10.1. The van der Waals surface area contributed by atoms with Crippen LogP contribution in [0.1, 0.15) is 6.42 Å². The van der Waals surface area contributed by atoms with Crippen LogP contribution >= 0.6 is 0 Å². The van der Waals surface area contributed by atoms with Crippen LogP contribution in [0.2, 0.25) is 0 Å². The van der Waals surface area contributed by atoms with E-state index in [0.29, 0.717) is 25.4 Å². The molecule has 8 heteroatoms. The van der Waals surface area contributed by atoms with Crippen molar-refractivity contribution in [1.29, 1.82) is 0 Å². The Morgan fingerprint density at radius 1 is 1.29 bits per heavy atom. The van der Waals surface area contributed by atoms with Crippen molar-refractivity contribution in [3.63, 3.8) is 0 Å². The van der Waals surface area contributed by atoms with Gasteiger partial charge in [0.15, 0.2) is 0 Å². The van der Waals surface area contributed by atoms with Gasteiger partial charge < -0.3 is 25.0 Å². The van der Waals surface area contributed by atoms with E-state index in [2.05, 4.69) is 5.32 Å². The summed E-state index contributed by atoms with van der Waals surface area (Å²) in [6.45, 7) is 1.36. The average molecular weight is 335 g/mol. The number of anilines is 1. The minimum Gasteiger partial charge on any atom is -0.481 e. The van der Waals surface area contributed by atoms with Crippen LogP contribution < -0.4 is 5.32 Å². The SMILES string of the molecule is COCCN1CCN(C(=O)Nc2ccccc2)C(CC(=O)O)C1=O. The highest BCUT2D eigenvalue weighted by molar-refractivity contribution is 5.96. The van der Waals surface area contributed by atoms with E-state index < -0.39 is 24.5 Å². The standard InChI is InChI=1S/C16H21N3O5/c1-24-10-9-18-7-8-19(13(15(18)22)11-14(20)21)16(23)17-12-5-3-2-4-6-12/h2-6,13H,7-11H2,1H3,(H,17,23)(H,20,21). The van der Waals surface area contributed by atoms with Crippen LogP contribution in [0.5, 0.6) is 0 Å². The quantitative estimate of drug-likeness (QED) is 0.803. The fourth-order valence-electron chi connectivity index (χ4n) is 2.58. The summed E-state index contributed by atoms with van der Waals surface area (Å²) in [5.74, 6) is -1.50. The lowest BCUT2D eigenvalue weighted by molar-refractivity contribution is -0.147. The molecule has 0 bridgehead atoms. The number of aliphatic carboxylic acids is 1. The molecule has 1 aromatic carbocycles. The molecule has 2 rings (SSSR count). The molecule has 1 saturated heterocycles. The molecule has 0 saturated carbocycles. The van der Waals surface area contributed by atoms with Gasteiger partial charge in [-0.3, -0.25) is 9.59 Å². The highest BCUT2D eigenvalue weighted by Crippen LogP contribution is 2.17. The number of carbonyl (C=O) groups excluding carboxylic acids is 2. The second kappa shape index (κ2) is 8.30. The molecule has 0 radical (unpaired) electrons. The van der Waals surface area contributed by atoms with Gasteiger partial charge in [0.05, 0.1) is 13.0 Å². The van der Waals surface area contributed by atoms with Gasteiger partial charge in [0.2, 0.25) is 5.91 Å². The molecule has 3 amide bonds. The molecule has 8 nitrogen and oxygen atoms in total. The Kier molecular flexibility index (Phi) is 6.14. The fraction of sp³-hybridized carbons (Fsp3) is 0.438. The number of carbonyl (C=O) groups is 3. The Labute approximate surface area is 140 Å². The molecule has 0 aliphatic carbocycles. The third-order valence-corrected chi connectivity index (χ3v) is 3.80. The maximum Gasteiger partial charge on any atom is 0.322 e. The van der Waals surface area contributed by atoms with Gasteiger partial charge in [0, 0.05) is 32.4 Å². The largest absolute Gasteiger partial charge is 0.481 e. The van der Waals surface area contributed by atoms with Gasteiger partial charge in [0.1, 0.15) is 6.04 Å². The molecule has 1 unspecified atom stereocenters. The fourth-order valence-corrected chi connectivity index (χ4v) is 2.58. The first kappa shape index (κ1) is 17.7. The Morgan fingerprint density at radius 3 is 2.62 bits per heavy atom. The monoisotopic (exact) mass is 335 g/mol. The average Bonchev–Trinajstić information content (AvgIpc) is 2.56. The molecule has 1 aromatic rings. The van der Waals surface area contributed by atoms with E-state index in [1.54, 1.807) is 24.3 Å². The molecule has 24 heavy (non-hydrogen) atoms. The number of ether oxygens (including phenoxy) is 1. The van der Waals surface area contributed by atoms with Crippen LogP contribution in [-0.4, -0.2) is 72.2 Å². The molecule has 1 atom stereocenters. The van der Waals surface area contributed by atoms with Crippen molar-refractivity contribution >= 4 is 23.6 Å². The molecule has 1 aliphatic heterocycles. The van der Waals surface area contributed by atoms with E-state index in [1.165, 1.54) is 16.9 Å². The second-order valence-electron chi connectivity index (χ2n) is 5.42. The molecule has 2 N–H and O–H groups in total. The lowest BCUT2D eigenvalue weighted by Crippen LogP contribution is -2.60. The first-order valence-electron chi connectivity index (χ1n) is 7.65. The Hall–Kier alpha value is -2.61. The summed E-state index contributed by atoms with van der Waals surface area (Å²) in [5.41, 5.74) is 0.589. The topological polar surface area (TPSA) is 99.2 Å². The molecule has 130 valence electrons. The van der Waals surface area contributed by atoms with E-state index in [-0.39, 0.29) is 12.5 Å². The number of benzene rings is 1. The minimum absolute atomic E-state index is 0.270. The van der Waals surface area contributed by atoms with Crippen molar-refractivity contribution in [2.45, 2.75) is 12.5 Å². The molecule has 1 aliphatic rings. The summed E-state index contributed by atoms with van der Waals surface area (Å²) in [7, 11) is 1.53. The summed E-state index contributed by atoms with van der Waals surface area (Å²) >= 11 is 0. The number of carboxylic acids is 1. The summed E-state index contributed by atoms with van der Waals surface area (Å²) in [4.78, 5) is 38.9. The van der Waals surface area contributed by atoms with Crippen LogP contribution in [-0.2, 0) is 14.3 Å². The maximum absolute atomic E-state index is 12.5. The third kappa shape index (κ3) is 4.45. The Bertz CT molecular complexity index is 593. The molecular weight excluding hydrogens is 314 g/mol. The second-order valence-corrected chi connectivity index (χ2v) is 5.42. The number of hydrogen-bond donors (Lipinski definition) is 2. The first-order valence-corrected chi connectivity index (χ1v) is 7.65. The molecule has 0 spiro atoms. The van der Waals surface area contributed by atoms with E-state index in [9.17, 15) is 14.4 Å². The van der Waals surface area contributed by atoms with Crippen LogP contribution in [0.15, 0.2) is 30.3 Å². The number of rotatable bonds is 6. The normalized spacial score (nSPS) is 17.7. The summed E-state index contributed by atoms with van der Waals surface area (Å²) in [6.07, 6.45) is -0.426. The predicted molar refractivity (Wildman–Crippen MR) is 86.7 cm³/mol. The number of hydrogen-bond acceptors (Lipinski definition) is 4. The lowest BCUT2D eigenvalue weighted by Gasteiger charge is -2.39. The summed E-state index contributed by atoms with van der Waals surface area (Å²) in [6, 6.07) is 7.32. The molecular formula is C16H21N3O5. The van der Waals surface area contributed by atoms with Crippen LogP contribution in [0, 0.1) is 0 Å². The zero-order valence-electron chi connectivity index (χ0n) is 13.5. The number of amides is 3. The van der Waals surface area contributed by atoms with Gasteiger partial charge in [-0.05, 0) is 12.1 Å². The Morgan fingerprint density at radius 2 is 2.00 bits per heavy atom. The summed E-state index contributed by atoms with van der Waals surface area (Å²) in [5, 5.41) is 11.8. The highest BCUT2D eigenvalue weighted by Gasteiger charge is 2.38. The number of nitrogens with one attached hydrogen (secondary N) is 1. The van der Waals surface area contributed by atoms with Gasteiger partial charge in [-0.1, -0.05) is 18.2 Å². The highest BCUT2D eigenvalue weighted by atomic mass is 16.5. The number of para-hydroxylation sites is 1. The van der Waals surface area contributed by atoms with Crippen molar-refractivity contribution in [2.24, 2.45) is 0 Å². The van der Waals surface area contributed by atoms with Crippen molar-refractivity contribution in [1.82, 2.24) is 9.80 Å². The van der Waals surface area contributed by atoms with E-state index in [1.807, 2.05) is 6.07 Å². The van der Waals surface area contributed by atoms with Gasteiger partial charge >= 0.3 is 12.0 Å². The van der Waals surface area contributed by atoms with Crippen LogP contribution in [0.3, 0.4) is 0 Å². The van der Waals surface area contributed by atoms with E-state index in [4.69, 9.17) is 9.84 Å². The molecule has 1 heterocycles. The van der Waals surface area contributed by atoms with Crippen LogP contribution in [0.4, 0.5) is 10.5 Å². The van der Waals surface area contributed by atoms with Crippen molar-refractivity contribution in [2.75, 3.05) is 38.7 Å². The van der Waals surface area contributed by atoms with Crippen molar-refractivity contribution < 1.29 is 24.2 Å². The van der Waals surface area contributed by atoms with Gasteiger partial charge in [-0.15, -0.1) is 0 Å². The van der Waals surface area contributed by atoms with Crippen LogP contribution in [0.25, 0.3) is 0 Å². The number of urea groups is 1. The van der Waals surface area contributed by atoms with Crippen molar-refractivity contribution in [3.05, 3.63) is 30.3 Å². The number of nitrogens with zero attached hydrogens (tertiary/aromatic N) is 2.